The smallest absolute Gasteiger partial charge is 0.169 e. The maximum atomic E-state index is 5.89. The van der Waals surface area contributed by atoms with Crippen LogP contribution < -0.4 is 18.9 Å². The number of aliphatic imine (C=N–C) groups is 1. The first-order valence-electron chi connectivity index (χ1n) is 8.82. The molecule has 0 aliphatic carbocycles. The highest BCUT2D eigenvalue weighted by molar-refractivity contribution is 5.85. The third kappa shape index (κ3) is 4.43. The lowest BCUT2D eigenvalue weighted by atomic mass is 10.1. The van der Waals surface area contributed by atoms with E-state index >= 15 is 0 Å². The molecule has 0 aliphatic rings. The quantitative estimate of drug-likeness (QED) is 0.506. The van der Waals surface area contributed by atoms with Gasteiger partial charge in [0.05, 0.1) is 27.0 Å². The van der Waals surface area contributed by atoms with E-state index in [2.05, 4.69) is 4.99 Å². The molecule has 0 aliphatic heterocycles. The molecular weight excluding hydrogens is 354 g/mol. The van der Waals surface area contributed by atoms with E-state index in [-0.39, 0.29) is 0 Å². The molecular formula is C23H23NO4. The highest BCUT2D eigenvalue weighted by atomic mass is 16.5. The van der Waals surface area contributed by atoms with Crippen LogP contribution in [0.1, 0.15) is 11.1 Å². The summed E-state index contributed by atoms with van der Waals surface area (Å²) in [5.41, 5.74) is 2.84. The van der Waals surface area contributed by atoms with E-state index in [1.165, 1.54) is 0 Å². The van der Waals surface area contributed by atoms with Gasteiger partial charge in [-0.1, -0.05) is 12.1 Å². The molecule has 0 unspecified atom stereocenters. The van der Waals surface area contributed by atoms with Crippen LogP contribution in [0.5, 0.6) is 28.7 Å². The second kappa shape index (κ2) is 8.95. The standard InChI is InChI=1S/C23H23NO4/c1-16-13-22(26-3)23(27-4)14-17(16)15-24-18-9-11-19(12-10-18)28-21-8-6-5-7-20(21)25-2/h5-15H,1-4H3. The molecule has 0 radical (unpaired) electrons. The van der Waals surface area contributed by atoms with E-state index in [0.29, 0.717) is 28.7 Å². The monoisotopic (exact) mass is 377 g/mol. The molecule has 5 nitrogen and oxygen atoms in total. The second-order valence-electron chi connectivity index (χ2n) is 6.07. The first kappa shape index (κ1) is 19.3. The number of aryl methyl sites for hydroxylation is 1. The number of nitrogens with zero attached hydrogens (tertiary/aromatic N) is 1. The van der Waals surface area contributed by atoms with E-state index in [1.807, 2.05) is 73.8 Å². The van der Waals surface area contributed by atoms with Gasteiger partial charge in [-0.15, -0.1) is 0 Å². The van der Waals surface area contributed by atoms with Crippen molar-refractivity contribution >= 4 is 11.9 Å². The summed E-state index contributed by atoms with van der Waals surface area (Å²) in [4.78, 5) is 4.55. The maximum Gasteiger partial charge on any atom is 0.169 e. The molecule has 0 atom stereocenters. The minimum atomic E-state index is 0.669. The Hall–Kier alpha value is -3.47. The normalized spacial score (nSPS) is 10.7. The summed E-state index contributed by atoms with van der Waals surface area (Å²) >= 11 is 0. The van der Waals surface area contributed by atoms with Crippen LogP contribution in [0.3, 0.4) is 0 Å². The zero-order chi connectivity index (χ0) is 19.9. The molecule has 3 rings (SSSR count). The van der Waals surface area contributed by atoms with Crippen molar-refractivity contribution in [2.45, 2.75) is 6.92 Å². The Balaban J connectivity index is 1.76. The van der Waals surface area contributed by atoms with E-state index in [0.717, 1.165) is 16.8 Å². The van der Waals surface area contributed by atoms with Crippen molar-refractivity contribution in [1.29, 1.82) is 0 Å². The van der Waals surface area contributed by atoms with Gasteiger partial charge in [-0.3, -0.25) is 4.99 Å². The van der Waals surface area contributed by atoms with Crippen LogP contribution in [0.15, 0.2) is 65.7 Å². The van der Waals surface area contributed by atoms with E-state index < -0.39 is 0 Å². The number of para-hydroxylation sites is 2. The van der Waals surface area contributed by atoms with Crippen LogP contribution in [-0.4, -0.2) is 27.5 Å². The van der Waals surface area contributed by atoms with Gasteiger partial charge in [-0.25, -0.2) is 0 Å². The van der Waals surface area contributed by atoms with Gasteiger partial charge in [0.15, 0.2) is 23.0 Å². The molecule has 5 heteroatoms. The number of ether oxygens (including phenoxy) is 4. The Bertz CT molecular complexity index is 965. The first-order chi connectivity index (χ1) is 13.6. The summed E-state index contributed by atoms with van der Waals surface area (Å²) in [7, 11) is 4.87. The van der Waals surface area contributed by atoms with Gasteiger partial charge in [0.25, 0.3) is 0 Å². The van der Waals surface area contributed by atoms with Crippen LogP contribution in [0, 0.1) is 6.92 Å². The average Bonchev–Trinajstić information content (AvgIpc) is 2.74. The van der Waals surface area contributed by atoms with Crippen LogP contribution in [0.25, 0.3) is 0 Å². The Kier molecular flexibility index (Phi) is 6.17. The third-order valence-corrected chi connectivity index (χ3v) is 4.26. The molecule has 0 fully saturated rings. The minimum Gasteiger partial charge on any atom is -0.493 e. The largest absolute Gasteiger partial charge is 0.493 e. The van der Waals surface area contributed by atoms with Gasteiger partial charge in [-0.2, -0.15) is 0 Å². The number of methoxy groups -OCH3 is 3. The molecule has 28 heavy (non-hydrogen) atoms. The molecule has 0 saturated heterocycles. The molecule has 0 heterocycles. The molecule has 0 N–H and O–H groups in total. The van der Waals surface area contributed by atoms with Crippen molar-refractivity contribution in [2.24, 2.45) is 4.99 Å². The number of hydrogen-bond donors (Lipinski definition) is 0. The van der Waals surface area contributed by atoms with Gasteiger partial charge in [-0.05, 0) is 66.6 Å². The predicted molar refractivity (Wildman–Crippen MR) is 111 cm³/mol. The summed E-state index contributed by atoms with van der Waals surface area (Å²) in [5.74, 6) is 3.45. The van der Waals surface area contributed by atoms with E-state index in [4.69, 9.17) is 18.9 Å². The highest BCUT2D eigenvalue weighted by Gasteiger charge is 2.07. The van der Waals surface area contributed by atoms with Crippen LogP contribution in [0.2, 0.25) is 0 Å². The number of rotatable bonds is 7. The van der Waals surface area contributed by atoms with E-state index in [1.54, 1.807) is 21.3 Å². The van der Waals surface area contributed by atoms with Crippen molar-refractivity contribution in [1.82, 2.24) is 0 Å². The SMILES string of the molecule is COc1cc(C)c(C=Nc2ccc(Oc3ccccc3OC)cc2)cc1OC. The fourth-order valence-electron chi connectivity index (χ4n) is 2.71. The Morgan fingerprint density at radius 3 is 1.96 bits per heavy atom. The van der Waals surface area contributed by atoms with Crippen LogP contribution in [0.4, 0.5) is 5.69 Å². The average molecular weight is 377 g/mol. The summed E-state index contributed by atoms with van der Waals surface area (Å²) < 4.78 is 21.9. The molecule has 3 aromatic rings. The maximum absolute atomic E-state index is 5.89. The first-order valence-corrected chi connectivity index (χ1v) is 8.82. The summed E-state index contributed by atoms with van der Waals surface area (Å²) in [5, 5.41) is 0. The van der Waals surface area contributed by atoms with Crippen molar-refractivity contribution in [3.05, 3.63) is 71.8 Å². The molecule has 0 aromatic heterocycles. The third-order valence-electron chi connectivity index (χ3n) is 4.26. The van der Waals surface area contributed by atoms with Gasteiger partial charge in [0.2, 0.25) is 0 Å². The summed E-state index contributed by atoms with van der Waals surface area (Å²) in [6.45, 7) is 2.01. The lowest BCUT2D eigenvalue weighted by Crippen LogP contribution is -1.95. The highest BCUT2D eigenvalue weighted by Crippen LogP contribution is 2.32. The second-order valence-corrected chi connectivity index (χ2v) is 6.07. The predicted octanol–water partition coefficient (Wildman–Crippen LogP) is 5.56. The zero-order valence-corrected chi connectivity index (χ0v) is 16.4. The fraction of sp³-hybridized carbons (Fsp3) is 0.174. The lowest BCUT2D eigenvalue weighted by molar-refractivity contribution is 0.354. The molecule has 0 saturated carbocycles. The topological polar surface area (TPSA) is 49.3 Å². The van der Waals surface area contributed by atoms with Crippen molar-refractivity contribution < 1.29 is 18.9 Å². The van der Waals surface area contributed by atoms with Gasteiger partial charge in [0.1, 0.15) is 5.75 Å². The molecule has 0 amide bonds. The molecule has 144 valence electrons. The van der Waals surface area contributed by atoms with Crippen molar-refractivity contribution in [2.75, 3.05) is 21.3 Å². The van der Waals surface area contributed by atoms with Gasteiger partial charge >= 0.3 is 0 Å². The summed E-state index contributed by atoms with van der Waals surface area (Å²) in [6, 6.07) is 18.9. The lowest BCUT2D eigenvalue weighted by Gasteiger charge is -2.10. The zero-order valence-electron chi connectivity index (χ0n) is 16.4. The number of benzene rings is 3. The Labute approximate surface area is 165 Å². The Morgan fingerprint density at radius 1 is 0.714 bits per heavy atom. The van der Waals surface area contributed by atoms with Gasteiger partial charge < -0.3 is 18.9 Å². The Morgan fingerprint density at radius 2 is 1.32 bits per heavy atom. The van der Waals surface area contributed by atoms with Crippen molar-refractivity contribution in [3.8, 4) is 28.7 Å². The van der Waals surface area contributed by atoms with E-state index in [9.17, 15) is 0 Å². The van der Waals surface area contributed by atoms with Gasteiger partial charge in [0, 0.05) is 6.21 Å². The number of hydrogen-bond acceptors (Lipinski definition) is 5. The van der Waals surface area contributed by atoms with Crippen LogP contribution in [-0.2, 0) is 0 Å². The molecule has 3 aromatic carbocycles. The summed E-state index contributed by atoms with van der Waals surface area (Å²) in [6.07, 6.45) is 1.81. The minimum absolute atomic E-state index is 0.669. The molecule has 0 spiro atoms. The van der Waals surface area contributed by atoms with Crippen LogP contribution >= 0.6 is 0 Å². The molecule has 0 bridgehead atoms. The fourth-order valence-corrected chi connectivity index (χ4v) is 2.71. The van der Waals surface area contributed by atoms with Crippen molar-refractivity contribution in [3.63, 3.8) is 0 Å².